The van der Waals surface area contributed by atoms with Crippen molar-refractivity contribution in [3.63, 3.8) is 0 Å². The molecule has 0 aliphatic carbocycles. The third-order valence-corrected chi connectivity index (χ3v) is 6.72. The SMILES string of the molecule is Cn1c(=O)n([C@@H]2CCN(C(=O)CCc3nc4ccccc4s3)C2)c2ncccc21. The van der Waals surface area contributed by atoms with Gasteiger partial charge in [0.05, 0.1) is 26.8 Å². The van der Waals surface area contributed by atoms with Crippen molar-refractivity contribution >= 4 is 38.6 Å². The molecule has 1 aromatic carbocycles. The van der Waals surface area contributed by atoms with Crippen LogP contribution in [0.4, 0.5) is 0 Å². The van der Waals surface area contributed by atoms with Crippen LogP contribution in [0.1, 0.15) is 23.9 Å². The van der Waals surface area contributed by atoms with Gasteiger partial charge < -0.3 is 4.90 Å². The number of aryl methyl sites for hydroxylation is 2. The van der Waals surface area contributed by atoms with Crippen molar-refractivity contribution in [2.75, 3.05) is 13.1 Å². The summed E-state index contributed by atoms with van der Waals surface area (Å²) in [7, 11) is 1.76. The topological polar surface area (TPSA) is 73.0 Å². The number of carbonyl (C=O) groups excluding carboxylic acids is 1. The van der Waals surface area contributed by atoms with E-state index in [1.165, 1.54) is 0 Å². The van der Waals surface area contributed by atoms with E-state index in [0.717, 1.165) is 27.2 Å². The molecule has 1 amide bonds. The molecule has 29 heavy (non-hydrogen) atoms. The van der Waals surface area contributed by atoms with Crippen molar-refractivity contribution in [3.05, 3.63) is 58.1 Å². The quantitative estimate of drug-likeness (QED) is 0.521. The lowest BCUT2D eigenvalue weighted by Crippen LogP contribution is -2.32. The van der Waals surface area contributed by atoms with Gasteiger partial charge in [-0.2, -0.15) is 0 Å². The van der Waals surface area contributed by atoms with Crippen LogP contribution in [-0.4, -0.2) is 43.0 Å². The second-order valence-corrected chi connectivity index (χ2v) is 8.53. The first-order valence-corrected chi connectivity index (χ1v) is 10.6. The molecule has 0 bridgehead atoms. The van der Waals surface area contributed by atoms with E-state index in [1.54, 1.807) is 33.7 Å². The summed E-state index contributed by atoms with van der Waals surface area (Å²) < 4.78 is 4.52. The Bertz CT molecular complexity index is 1240. The van der Waals surface area contributed by atoms with E-state index in [1.807, 2.05) is 35.2 Å². The molecule has 1 saturated heterocycles. The van der Waals surface area contributed by atoms with Crippen molar-refractivity contribution in [1.29, 1.82) is 0 Å². The average molecular weight is 407 g/mol. The number of pyridine rings is 1. The first-order valence-electron chi connectivity index (χ1n) is 9.76. The molecule has 7 nitrogen and oxygen atoms in total. The highest BCUT2D eigenvalue weighted by molar-refractivity contribution is 7.18. The molecule has 0 N–H and O–H groups in total. The molecule has 5 rings (SSSR count). The molecule has 0 unspecified atom stereocenters. The number of carbonyl (C=O) groups is 1. The Morgan fingerprint density at radius 3 is 2.97 bits per heavy atom. The average Bonchev–Trinajstić information content (AvgIpc) is 3.44. The normalized spacial score (nSPS) is 16.9. The molecule has 4 aromatic rings. The fourth-order valence-electron chi connectivity index (χ4n) is 4.10. The van der Waals surface area contributed by atoms with Crippen LogP contribution in [0, 0.1) is 0 Å². The first-order chi connectivity index (χ1) is 14.1. The highest BCUT2D eigenvalue weighted by Crippen LogP contribution is 2.26. The molecule has 1 fully saturated rings. The van der Waals surface area contributed by atoms with Gasteiger partial charge in [0, 0.05) is 39.2 Å². The molecule has 1 atom stereocenters. The van der Waals surface area contributed by atoms with Gasteiger partial charge in [-0.15, -0.1) is 11.3 Å². The Labute approximate surface area is 171 Å². The van der Waals surface area contributed by atoms with Crippen LogP contribution in [0.5, 0.6) is 0 Å². The minimum atomic E-state index is -0.0764. The van der Waals surface area contributed by atoms with Gasteiger partial charge in [0.15, 0.2) is 5.65 Å². The first kappa shape index (κ1) is 18.1. The number of hydrogen-bond donors (Lipinski definition) is 0. The van der Waals surface area contributed by atoms with Crippen LogP contribution >= 0.6 is 11.3 Å². The van der Waals surface area contributed by atoms with Crippen molar-refractivity contribution in [3.8, 4) is 0 Å². The number of amides is 1. The van der Waals surface area contributed by atoms with Crippen LogP contribution in [0.25, 0.3) is 21.4 Å². The van der Waals surface area contributed by atoms with Crippen molar-refractivity contribution in [2.45, 2.75) is 25.3 Å². The fourth-order valence-corrected chi connectivity index (χ4v) is 5.07. The zero-order chi connectivity index (χ0) is 20.0. The molecule has 148 valence electrons. The number of nitrogens with zero attached hydrogens (tertiary/aromatic N) is 5. The molecule has 1 aliphatic rings. The molecule has 4 heterocycles. The van der Waals surface area contributed by atoms with Gasteiger partial charge in [-0.05, 0) is 30.7 Å². The largest absolute Gasteiger partial charge is 0.341 e. The summed E-state index contributed by atoms with van der Waals surface area (Å²) in [6.07, 6.45) is 3.56. The van der Waals surface area contributed by atoms with Crippen LogP contribution in [0.3, 0.4) is 0 Å². The highest BCUT2D eigenvalue weighted by Gasteiger charge is 2.30. The van der Waals surface area contributed by atoms with Gasteiger partial charge in [-0.1, -0.05) is 12.1 Å². The summed E-state index contributed by atoms with van der Waals surface area (Å²) in [5.41, 5.74) is 2.42. The van der Waals surface area contributed by atoms with Gasteiger partial charge >= 0.3 is 5.69 Å². The Kier molecular flexibility index (Phi) is 4.43. The number of para-hydroxylation sites is 1. The van der Waals surface area contributed by atoms with E-state index in [2.05, 4.69) is 16.0 Å². The number of rotatable bonds is 4. The molecule has 8 heteroatoms. The maximum Gasteiger partial charge on any atom is 0.330 e. The zero-order valence-electron chi connectivity index (χ0n) is 16.1. The minimum absolute atomic E-state index is 0.0347. The number of benzene rings is 1. The van der Waals surface area contributed by atoms with Crippen LogP contribution in [-0.2, 0) is 18.3 Å². The highest BCUT2D eigenvalue weighted by atomic mass is 32.1. The second kappa shape index (κ2) is 7.11. The van der Waals surface area contributed by atoms with Gasteiger partial charge in [0.25, 0.3) is 0 Å². The van der Waals surface area contributed by atoms with Gasteiger partial charge in [-0.3, -0.25) is 13.9 Å². The summed E-state index contributed by atoms with van der Waals surface area (Å²) >= 11 is 1.65. The van der Waals surface area contributed by atoms with Gasteiger partial charge in [0.1, 0.15) is 0 Å². The van der Waals surface area contributed by atoms with Crippen LogP contribution in [0.15, 0.2) is 47.4 Å². The summed E-state index contributed by atoms with van der Waals surface area (Å²) in [6.45, 7) is 1.22. The Hall–Kier alpha value is -3.00. The lowest BCUT2D eigenvalue weighted by molar-refractivity contribution is -0.130. The lowest BCUT2D eigenvalue weighted by atomic mass is 10.2. The standard InChI is InChI=1S/C21H21N5O2S/c1-24-16-6-4-11-22-20(16)26(21(24)28)14-10-12-25(13-14)19(27)9-8-18-23-15-5-2-3-7-17(15)29-18/h2-7,11,14H,8-10,12-13H2,1H3/t14-/m1/s1. The Morgan fingerprint density at radius 2 is 2.10 bits per heavy atom. The molecule has 3 aromatic heterocycles. The molecule has 0 spiro atoms. The van der Waals surface area contributed by atoms with Crippen LogP contribution in [0.2, 0.25) is 0 Å². The Morgan fingerprint density at radius 1 is 1.24 bits per heavy atom. The zero-order valence-corrected chi connectivity index (χ0v) is 16.9. The predicted octanol–water partition coefficient (Wildman–Crippen LogP) is 2.75. The van der Waals surface area contributed by atoms with E-state index >= 15 is 0 Å². The molecular weight excluding hydrogens is 386 g/mol. The lowest BCUT2D eigenvalue weighted by Gasteiger charge is -2.16. The van der Waals surface area contributed by atoms with Gasteiger partial charge in [0.2, 0.25) is 5.91 Å². The number of imidazole rings is 1. The second-order valence-electron chi connectivity index (χ2n) is 7.42. The van der Waals surface area contributed by atoms with E-state index in [-0.39, 0.29) is 17.6 Å². The number of aromatic nitrogens is 4. The fraction of sp³-hybridized carbons (Fsp3) is 0.333. The maximum atomic E-state index is 12.8. The number of likely N-dealkylation sites (tertiary alicyclic amines) is 1. The summed E-state index contributed by atoms with van der Waals surface area (Å²) in [4.78, 5) is 36.4. The number of hydrogen-bond acceptors (Lipinski definition) is 5. The Balaban J connectivity index is 1.29. The monoisotopic (exact) mass is 407 g/mol. The van der Waals surface area contributed by atoms with Gasteiger partial charge in [-0.25, -0.2) is 14.8 Å². The summed E-state index contributed by atoms with van der Waals surface area (Å²) in [6, 6.07) is 11.7. The van der Waals surface area contributed by atoms with Crippen molar-refractivity contribution in [2.24, 2.45) is 7.05 Å². The molecule has 0 radical (unpaired) electrons. The summed E-state index contributed by atoms with van der Waals surface area (Å²) in [5.74, 6) is 0.119. The van der Waals surface area contributed by atoms with Crippen molar-refractivity contribution in [1.82, 2.24) is 24.0 Å². The molecule has 0 saturated carbocycles. The van der Waals surface area contributed by atoms with Crippen molar-refractivity contribution < 1.29 is 4.79 Å². The van der Waals surface area contributed by atoms with E-state index in [4.69, 9.17) is 0 Å². The number of thiazole rings is 1. The number of fused-ring (bicyclic) bond motifs is 2. The maximum absolute atomic E-state index is 12.8. The van der Waals surface area contributed by atoms with E-state index in [0.29, 0.717) is 31.6 Å². The minimum Gasteiger partial charge on any atom is -0.341 e. The summed E-state index contributed by atoms with van der Waals surface area (Å²) in [5, 5.41) is 0.991. The predicted molar refractivity (Wildman–Crippen MR) is 113 cm³/mol. The smallest absolute Gasteiger partial charge is 0.330 e. The third kappa shape index (κ3) is 3.13. The van der Waals surface area contributed by atoms with E-state index in [9.17, 15) is 9.59 Å². The third-order valence-electron chi connectivity index (χ3n) is 5.62. The van der Waals surface area contributed by atoms with Crippen LogP contribution < -0.4 is 5.69 Å². The molecule has 1 aliphatic heterocycles. The molecular formula is C21H21N5O2S. The van der Waals surface area contributed by atoms with E-state index < -0.39 is 0 Å².